The van der Waals surface area contributed by atoms with Crippen molar-refractivity contribution in [1.82, 2.24) is 9.47 Å². The Labute approximate surface area is 132 Å². The fraction of sp³-hybridized carbons (Fsp3) is 0.368. The largest absolute Gasteiger partial charge is 0.468 e. The molecule has 0 N–H and O–H groups in total. The maximum Gasteiger partial charge on any atom is 0.120 e. The Morgan fingerprint density at radius 2 is 2.00 bits per heavy atom. The lowest BCUT2D eigenvalue weighted by atomic mass is 10.1. The molecule has 2 heterocycles. The molecule has 0 aliphatic rings. The van der Waals surface area contributed by atoms with E-state index in [1.165, 1.54) is 16.5 Å². The van der Waals surface area contributed by atoms with Gasteiger partial charge in [-0.2, -0.15) is 0 Å². The average Bonchev–Trinajstić information content (AvgIpc) is 3.17. The van der Waals surface area contributed by atoms with Crippen LogP contribution in [-0.2, 0) is 13.1 Å². The van der Waals surface area contributed by atoms with Gasteiger partial charge in [0.05, 0.1) is 12.3 Å². The van der Waals surface area contributed by atoms with Crippen molar-refractivity contribution in [2.45, 2.75) is 39.4 Å². The first kappa shape index (κ1) is 14.9. The van der Waals surface area contributed by atoms with Crippen LogP contribution >= 0.6 is 0 Å². The molecule has 1 unspecified atom stereocenters. The molecule has 1 atom stereocenters. The zero-order chi connectivity index (χ0) is 15.5. The van der Waals surface area contributed by atoms with E-state index in [4.69, 9.17) is 4.42 Å². The first-order valence-electron chi connectivity index (χ1n) is 8.01. The summed E-state index contributed by atoms with van der Waals surface area (Å²) in [6.07, 6.45) is 5.20. The highest BCUT2D eigenvalue weighted by molar-refractivity contribution is 5.83. The average molecular weight is 296 g/mol. The van der Waals surface area contributed by atoms with Crippen LogP contribution in [-0.4, -0.2) is 16.5 Å². The molecule has 2 aromatic heterocycles. The molecular weight excluding hydrogens is 272 g/mol. The number of benzene rings is 1. The Balaban J connectivity index is 1.87. The van der Waals surface area contributed by atoms with E-state index >= 15 is 0 Å². The Kier molecular flexibility index (Phi) is 4.34. The predicted octanol–water partition coefficient (Wildman–Crippen LogP) is 4.84. The topological polar surface area (TPSA) is 21.3 Å². The predicted molar refractivity (Wildman–Crippen MR) is 90.8 cm³/mol. The van der Waals surface area contributed by atoms with Crippen LogP contribution in [0.15, 0.2) is 53.3 Å². The quantitative estimate of drug-likeness (QED) is 0.649. The summed E-state index contributed by atoms with van der Waals surface area (Å²) in [7, 11) is 2.15. The summed E-state index contributed by atoms with van der Waals surface area (Å²) in [6, 6.07) is 12.9. The summed E-state index contributed by atoms with van der Waals surface area (Å²) in [6.45, 7) is 6.39. The lowest BCUT2D eigenvalue weighted by Crippen LogP contribution is -2.21. The summed E-state index contributed by atoms with van der Waals surface area (Å²) in [5.74, 6) is 1.01. The van der Waals surface area contributed by atoms with Gasteiger partial charge in [0.25, 0.3) is 0 Å². The van der Waals surface area contributed by atoms with Gasteiger partial charge in [-0.25, -0.2) is 0 Å². The lowest BCUT2D eigenvalue weighted by molar-refractivity contribution is 0.224. The number of aryl methyl sites for hydroxylation is 1. The number of furan rings is 1. The van der Waals surface area contributed by atoms with Gasteiger partial charge >= 0.3 is 0 Å². The zero-order valence-corrected chi connectivity index (χ0v) is 13.6. The first-order chi connectivity index (χ1) is 10.7. The highest BCUT2D eigenvalue weighted by Gasteiger charge is 2.16. The van der Waals surface area contributed by atoms with Gasteiger partial charge < -0.3 is 8.98 Å². The van der Waals surface area contributed by atoms with Gasteiger partial charge in [-0.05, 0) is 44.2 Å². The van der Waals surface area contributed by atoms with Gasteiger partial charge in [0.2, 0.25) is 0 Å². The molecule has 0 saturated heterocycles. The molecule has 3 nitrogen and oxygen atoms in total. The van der Waals surface area contributed by atoms with Crippen molar-refractivity contribution < 1.29 is 4.42 Å². The Bertz CT molecular complexity index is 727. The summed E-state index contributed by atoms with van der Waals surface area (Å²) in [5.41, 5.74) is 2.71. The summed E-state index contributed by atoms with van der Waals surface area (Å²) < 4.78 is 7.91. The number of para-hydroxylation sites is 1. The number of nitrogens with zero attached hydrogens (tertiary/aromatic N) is 2. The lowest BCUT2D eigenvalue weighted by Gasteiger charge is -2.22. The maximum absolute atomic E-state index is 5.54. The van der Waals surface area contributed by atoms with Crippen LogP contribution in [0.5, 0.6) is 0 Å². The smallest absolute Gasteiger partial charge is 0.120 e. The van der Waals surface area contributed by atoms with Crippen LogP contribution in [0, 0.1) is 0 Å². The van der Waals surface area contributed by atoms with Gasteiger partial charge in [-0.15, -0.1) is 0 Å². The van der Waals surface area contributed by atoms with Gasteiger partial charge in [-0.1, -0.05) is 25.1 Å². The highest BCUT2D eigenvalue weighted by atomic mass is 16.3. The Hall–Kier alpha value is -2.00. The minimum absolute atomic E-state index is 0.267. The third-order valence-electron chi connectivity index (χ3n) is 4.37. The van der Waals surface area contributed by atoms with E-state index in [-0.39, 0.29) is 6.04 Å². The molecule has 3 rings (SSSR count). The standard InChI is InChI=1S/C19H24N2O/c1-4-11-21-14-16(17-8-5-6-9-18(17)21)13-20(3)15(2)19-10-7-12-22-19/h5-10,12,14-15H,4,11,13H2,1-3H3. The van der Waals surface area contributed by atoms with Crippen LogP contribution in [0.2, 0.25) is 0 Å². The first-order valence-corrected chi connectivity index (χ1v) is 8.01. The molecule has 0 aliphatic heterocycles. The molecule has 0 bridgehead atoms. The zero-order valence-electron chi connectivity index (χ0n) is 13.6. The van der Waals surface area contributed by atoms with Gasteiger partial charge in [0, 0.05) is 30.2 Å². The number of hydrogen-bond donors (Lipinski definition) is 0. The minimum atomic E-state index is 0.267. The molecule has 0 spiro atoms. The maximum atomic E-state index is 5.54. The normalized spacial score (nSPS) is 13.1. The molecule has 116 valence electrons. The van der Waals surface area contributed by atoms with Gasteiger partial charge in [0.15, 0.2) is 0 Å². The third-order valence-corrected chi connectivity index (χ3v) is 4.37. The second-order valence-corrected chi connectivity index (χ2v) is 5.97. The molecule has 3 aromatic rings. The number of hydrogen-bond acceptors (Lipinski definition) is 2. The summed E-state index contributed by atoms with van der Waals surface area (Å²) >= 11 is 0. The van der Waals surface area contributed by atoms with E-state index in [1.807, 2.05) is 12.1 Å². The van der Waals surface area contributed by atoms with Crippen molar-refractivity contribution in [3.8, 4) is 0 Å². The Morgan fingerprint density at radius 1 is 1.18 bits per heavy atom. The van der Waals surface area contributed by atoms with Crippen molar-refractivity contribution >= 4 is 10.9 Å². The van der Waals surface area contributed by atoms with Crippen LogP contribution in [0.1, 0.15) is 37.6 Å². The van der Waals surface area contributed by atoms with Crippen molar-refractivity contribution in [2.24, 2.45) is 0 Å². The van der Waals surface area contributed by atoms with Crippen LogP contribution in [0.4, 0.5) is 0 Å². The fourth-order valence-electron chi connectivity index (χ4n) is 3.03. The molecule has 0 radical (unpaired) electrons. The van der Waals surface area contributed by atoms with Crippen LogP contribution in [0.25, 0.3) is 10.9 Å². The monoisotopic (exact) mass is 296 g/mol. The second-order valence-electron chi connectivity index (χ2n) is 5.97. The summed E-state index contributed by atoms with van der Waals surface area (Å²) in [4.78, 5) is 2.33. The SMILES string of the molecule is CCCn1cc(CN(C)C(C)c2ccco2)c2ccccc21. The van der Waals surface area contributed by atoms with E-state index in [0.29, 0.717) is 0 Å². The van der Waals surface area contributed by atoms with Crippen molar-refractivity contribution in [3.05, 3.63) is 60.2 Å². The molecule has 22 heavy (non-hydrogen) atoms. The van der Waals surface area contributed by atoms with E-state index in [9.17, 15) is 0 Å². The van der Waals surface area contributed by atoms with E-state index < -0.39 is 0 Å². The Morgan fingerprint density at radius 3 is 2.73 bits per heavy atom. The molecule has 0 saturated carbocycles. The molecule has 3 heteroatoms. The van der Waals surface area contributed by atoms with Crippen molar-refractivity contribution in [2.75, 3.05) is 7.05 Å². The number of fused-ring (bicyclic) bond motifs is 1. The summed E-state index contributed by atoms with van der Waals surface area (Å²) in [5, 5.41) is 1.36. The van der Waals surface area contributed by atoms with E-state index in [0.717, 1.165) is 25.3 Å². The van der Waals surface area contributed by atoms with E-state index in [2.05, 4.69) is 60.8 Å². The molecular formula is C19H24N2O. The molecule has 0 fully saturated rings. The third kappa shape index (κ3) is 2.81. The van der Waals surface area contributed by atoms with Crippen molar-refractivity contribution in [3.63, 3.8) is 0 Å². The number of rotatable bonds is 6. The van der Waals surface area contributed by atoms with Crippen molar-refractivity contribution in [1.29, 1.82) is 0 Å². The molecule has 0 amide bonds. The second kappa shape index (κ2) is 6.41. The molecule has 0 aliphatic carbocycles. The fourth-order valence-corrected chi connectivity index (χ4v) is 3.03. The van der Waals surface area contributed by atoms with Crippen LogP contribution in [0.3, 0.4) is 0 Å². The van der Waals surface area contributed by atoms with Gasteiger partial charge in [0.1, 0.15) is 5.76 Å². The van der Waals surface area contributed by atoms with Crippen LogP contribution < -0.4 is 0 Å². The van der Waals surface area contributed by atoms with Gasteiger partial charge in [-0.3, -0.25) is 4.90 Å². The highest BCUT2D eigenvalue weighted by Crippen LogP contribution is 2.26. The number of aromatic nitrogens is 1. The van der Waals surface area contributed by atoms with E-state index in [1.54, 1.807) is 6.26 Å². The minimum Gasteiger partial charge on any atom is -0.468 e. The molecule has 1 aromatic carbocycles.